The van der Waals surface area contributed by atoms with Crippen molar-refractivity contribution in [2.24, 2.45) is 5.92 Å². The maximum Gasteiger partial charge on any atom is 0.246 e. The van der Waals surface area contributed by atoms with Gasteiger partial charge in [0.2, 0.25) is 10.0 Å². The molecule has 2 aromatic rings. The molecule has 1 atom stereocenters. The number of hydrogen-bond acceptors (Lipinski definition) is 4. The standard InChI is InChI=1S/C17H23N3O3S/c21-17(7-6-14-4-2-1-3-5-14)15-8-10-20(11-9-15)24(22,23)16-12-18-19-13-16/h1-5,12-13,15,17,21H,6-11H2,(H,18,19). The molecular weight excluding hydrogens is 326 g/mol. The largest absolute Gasteiger partial charge is 0.393 e. The quantitative estimate of drug-likeness (QED) is 0.833. The van der Waals surface area contributed by atoms with E-state index < -0.39 is 10.0 Å². The van der Waals surface area contributed by atoms with Gasteiger partial charge >= 0.3 is 0 Å². The number of hydrogen-bond donors (Lipinski definition) is 2. The second kappa shape index (κ2) is 7.46. The summed E-state index contributed by atoms with van der Waals surface area (Å²) in [5, 5.41) is 16.7. The lowest BCUT2D eigenvalue weighted by Crippen LogP contribution is -2.41. The van der Waals surface area contributed by atoms with E-state index in [0.29, 0.717) is 32.4 Å². The van der Waals surface area contributed by atoms with Crippen molar-refractivity contribution >= 4 is 10.0 Å². The average Bonchev–Trinajstić information content (AvgIpc) is 3.16. The lowest BCUT2D eigenvalue weighted by molar-refractivity contribution is 0.0695. The highest BCUT2D eigenvalue weighted by molar-refractivity contribution is 7.89. The van der Waals surface area contributed by atoms with Gasteiger partial charge in [0.05, 0.1) is 12.3 Å². The lowest BCUT2D eigenvalue weighted by atomic mass is 9.89. The predicted octanol–water partition coefficient (Wildman–Crippen LogP) is 1.80. The Morgan fingerprint density at radius 2 is 1.96 bits per heavy atom. The zero-order chi connectivity index (χ0) is 17.0. The summed E-state index contributed by atoms with van der Waals surface area (Å²) in [6.45, 7) is 0.890. The summed E-state index contributed by atoms with van der Waals surface area (Å²) in [5.74, 6) is 0.157. The molecule has 3 rings (SSSR count). The molecule has 6 nitrogen and oxygen atoms in total. The Kier molecular flexibility index (Phi) is 5.33. The van der Waals surface area contributed by atoms with Crippen LogP contribution in [0, 0.1) is 5.92 Å². The molecular formula is C17H23N3O3S. The van der Waals surface area contributed by atoms with Gasteiger partial charge in [-0.25, -0.2) is 8.42 Å². The number of sulfonamides is 1. The van der Waals surface area contributed by atoms with Crippen molar-refractivity contribution in [1.29, 1.82) is 0 Å². The van der Waals surface area contributed by atoms with Crippen molar-refractivity contribution in [3.05, 3.63) is 48.3 Å². The smallest absolute Gasteiger partial charge is 0.246 e. The van der Waals surface area contributed by atoms with Crippen LogP contribution in [0.5, 0.6) is 0 Å². The van der Waals surface area contributed by atoms with Crippen molar-refractivity contribution in [2.45, 2.75) is 36.7 Å². The highest BCUT2D eigenvalue weighted by atomic mass is 32.2. The molecule has 1 aliphatic rings. The van der Waals surface area contributed by atoms with E-state index in [4.69, 9.17) is 0 Å². The SMILES string of the molecule is O=S(=O)(c1cn[nH]c1)N1CCC(C(O)CCc2ccccc2)CC1. The van der Waals surface area contributed by atoms with E-state index in [0.717, 1.165) is 6.42 Å². The van der Waals surface area contributed by atoms with Crippen molar-refractivity contribution in [1.82, 2.24) is 14.5 Å². The Morgan fingerprint density at radius 3 is 2.58 bits per heavy atom. The maximum absolute atomic E-state index is 12.4. The van der Waals surface area contributed by atoms with E-state index >= 15 is 0 Å². The van der Waals surface area contributed by atoms with Crippen LogP contribution in [0.4, 0.5) is 0 Å². The molecule has 7 heteroatoms. The molecule has 0 saturated carbocycles. The third kappa shape index (κ3) is 3.85. The van der Waals surface area contributed by atoms with Gasteiger partial charge < -0.3 is 5.11 Å². The number of aliphatic hydroxyl groups excluding tert-OH is 1. The molecule has 2 N–H and O–H groups in total. The zero-order valence-corrected chi connectivity index (χ0v) is 14.3. The molecule has 130 valence electrons. The molecule has 0 amide bonds. The molecule has 1 unspecified atom stereocenters. The highest BCUT2D eigenvalue weighted by Crippen LogP contribution is 2.27. The van der Waals surface area contributed by atoms with Gasteiger partial charge in [-0.3, -0.25) is 5.10 Å². The van der Waals surface area contributed by atoms with Crippen LogP contribution in [-0.2, 0) is 16.4 Å². The van der Waals surface area contributed by atoms with Gasteiger partial charge in [0.15, 0.2) is 0 Å². The summed E-state index contributed by atoms with van der Waals surface area (Å²) >= 11 is 0. The first-order valence-electron chi connectivity index (χ1n) is 8.28. The van der Waals surface area contributed by atoms with Gasteiger partial charge in [-0.15, -0.1) is 0 Å². The summed E-state index contributed by atoms with van der Waals surface area (Å²) in [6.07, 6.45) is 5.27. The Bertz CT molecular complexity index is 724. The van der Waals surface area contributed by atoms with Crippen molar-refractivity contribution in [3.63, 3.8) is 0 Å². The number of aromatic amines is 1. The monoisotopic (exact) mass is 349 g/mol. The number of nitrogens with one attached hydrogen (secondary N) is 1. The van der Waals surface area contributed by atoms with Crippen molar-refractivity contribution < 1.29 is 13.5 Å². The second-order valence-electron chi connectivity index (χ2n) is 6.27. The molecule has 0 radical (unpaired) electrons. The van der Waals surface area contributed by atoms with Crippen LogP contribution >= 0.6 is 0 Å². The molecule has 2 heterocycles. The normalized spacial score (nSPS) is 18.5. The molecule has 0 aliphatic carbocycles. The van der Waals surface area contributed by atoms with Gasteiger partial charge in [-0.1, -0.05) is 30.3 Å². The van der Waals surface area contributed by atoms with E-state index in [9.17, 15) is 13.5 Å². The second-order valence-corrected chi connectivity index (χ2v) is 8.21. The van der Waals surface area contributed by atoms with E-state index in [1.165, 1.54) is 22.3 Å². The molecule has 1 saturated heterocycles. The van der Waals surface area contributed by atoms with Gasteiger partial charge in [-0.2, -0.15) is 9.40 Å². The lowest BCUT2D eigenvalue weighted by Gasteiger charge is -2.33. The topological polar surface area (TPSA) is 86.3 Å². The maximum atomic E-state index is 12.4. The third-order valence-electron chi connectivity index (χ3n) is 4.73. The Hall–Kier alpha value is -1.70. The fraction of sp³-hybridized carbons (Fsp3) is 0.471. The molecule has 1 aliphatic heterocycles. The Morgan fingerprint density at radius 1 is 1.25 bits per heavy atom. The van der Waals surface area contributed by atoms with Crippen molar-refractivity contribution in [2.75, 3.05) is 13.1 Å². The number of aliphatic hydroxyl groups is 1. The number of aromatic nitrogens is 2. The van der Waals surface area contributed by atoms with Gasteiger partial charge in [0, 0.05) is 19.3 Å². The van der Waals surface area contributed by atoms with E-state index in [-0.39, 0.29) is 16.9 Å². The summed E-state index contributed by atoms with van der Waals surface area (Å²) in [5.41, 5.74) is 1.22. The average molecular weight is 349 g/mol. The first-order valence-corrected chi connectivity index (χ1v) is 9.72. The van der Waals surface area contributed by atoms with Crippen LogP contribution in [0.25, 0.3) is 0 Å². The molecule has 1 fully saturated rings. The number of rotatable bonds is 6. The molecule has 1 aromatic carbocycles. The Labute approximate surface area is 142 Å². The minimum Gasteiger partial charge on any atom is -0.393 e. The van der Waals surface area contributed by atoms with Gasteiger partial charge in [0.1, 0.15) is 4.90 Å². The molecule has 24 heavy (non-hydrogen) atoms. The van der Waals surface area contributed by atoms with Crippen LogP contribution in [-0.4, -0.2) is 47.2 Å². The fourth-order valence-corrected chi connectivity index (χ4v) is 4.60. The number of nitrogens with zero attached hydrogens (tertiary/aromatic N) is 2. The first-order chi connectivity index (χ1) is 11.6. The number of aryl methyl sites for hydroxylation is 1. The van der Waals surface area contributed by atoms with Crippen LogP contribution < -0.4 is 0 Å². The summed E-state index contributed by atoms with van der Waals surface area (Å²) in [6, 6.07) is 10.1. The Balaban J connectivity index is 1.51. The molecule has 0 bridgehead atoms. The fourth-order valence-electron chi connectivity index (χ4n) is 3.23. The van der Waals surface area contributed by atoms with Gasteiger partial charge in [0.25, 0.3) is 0 Å². The van der Waals surface area contributed by atoms with Gasteiger partial charge in [-0.05, 0) is 37.2 Å². The minimum atomic E-state index is -3.47. The highest BCUT2D eigenvalue weighted by Gasteiger charge is 2.32. The number of benzene rings is 1. The zero-order valence-electron chi connectivity index (χ0n) is 13.5. The van der Waals surface area contributed by atoms with Crippen LogP contribution in [0.3, 0.4) is 0 Å². The van der Waals surface area contributed by atoms with E-state index in [1.54, 1.807) is 0 Å². The van der Waals surface area contributed by atoms with E-state index in [2.05, 4.69) is 22.3 Å². The van der Waals surface area contributed by atoms with Crippen LogP contribution in [0.2, 0.25) is 0 Å². The van der Waals surface area contributed by atoms with E-state index in [1.807, 2.05) is 18.2 Å². The van der Waals surface area contributed by atoms with Crippen LogP contribution in [0.15, 0.2) is 47.6 Å². The summed E-state index contributed by atoms with van der Waals surface area (Å²) in [7, 11) is -3.47. The first kappa shape index (κ1) is 17.1. The molecule has 0 spiro atoms. The number of piperidine rings is 1. The molecule has 1 aromatic heterocycles. The summed E-state index contributed by atoms with van der Waals surface area (Å²) in [4.78, 5) is 0.200. The minimum absolute atomic E-state index is 0.157. The summed E-state index contributed by atoms with van der Waals surface area (Å²) < 4.78 is 26.4. The number of H-pyrrole nitrogens is 1. The predicted molar refractivity (Wildman–Crippen MR) is 90.8 cm³/mol. The third-order valence-corrected chi connectivity index (χ3v) is 6.59. The van der Waals surface area contributed by atoms with Crippen molar-refractivity contribution in [3.8, 4) is 0 Å². The van der Waals surface area contributed by atoms with Crippen LogP contribution in [0.1, 0.15) is 24.8 Å².